The van der Waals surface area contributed by atoms with Crippen molar-refractivity contribution in [3.8, 4) is 0 Å². The van der Waals surface area contributed by atoms with E-state index in [0.29, 0.717) is 11.7 Å². The number of carboxylic acids is 1. The Hall–Kier alpha value is -1.52. The Morgan fingerprint density at radius 2 is 2.21 bits per heavy atom. The Bertz CT molecular complexity index is 305. The third-order valence-corrected chi connectivity index (χ3v) is 1.91. The minimum absolute atomic E-state index is 0.0925. The van der Waals surface area contributed by atoms with Crippen LogP contribution >= 0.6 is 0 Å². The molecule has 0 saturated carbocycles. The van der Waals surface area contributed by atoms with Crippen LogP contribution in [0.3, 0.4) is 0 Å². The number of hydrogen-bond acceptors (Lipinski definition) is 4. The van der Waals surface area contributed by atoms with Gasteiger partial charge in [-0.1, -0.05) is 0 Å². The number of carboxylic acid groups (broad SMARTS) is 1. The van der Waals surface area contributed by atoms with Crippen molar-refractivity contribution in [3.05, 3.63) is 12.0 Å². The van der Waals surface area contributed by atoms with Crippen LogP contribution in [0.2, 0.25) is 0 Å². The van der Waals surface area contributed by atoms with Crippen LogP contribution in [0.25, 0.3) is 0 Å². The minimum atomic E-state index is -0.899. The molecule has 0 aromatic carbocycles. The molecule has 0 unspecified atom stereocenters. The number of aromatic nitrogens is 1. The lowest BCUT2D eigenvalue weighted by molar-refractivity contribution is -0.136. The monoisotopic (exact) mass is 198 g/mol. The third kappa shape index (κ3) is 2.48. The van der Waals surface area contributed by atoms with Crippen LogP contribution in [0.5, 0.6) is 0 Å². The van der Waals surface area contributed by atoms with Gasteiger partial charge in [0.25, 0.3) is 6.01 Å². The van der Waals surface area contributed by atoms with Crippen LogP contribution in [0.1, 0.15) is 19.5 Å². The molecular weight excluding hydrogens is 184 g/mol. The summed E-state index contributed by atoms with van der Waals surface area (Å²) >= 11 is 0. The van der Waals surface area contributed by atoms with Gasteiger partial charge in [-0.25, -0.2) is 0 Å². The molecule has 0 fully saturated rings. The molecule has 0 radical (unpaired) electrons. The topological polar surface area (TPSA) is 66.6 Å². The SMILES string of the molecule is CCN(CC)c1nc(CC(=O)O)co1. The van der Waals surface area contributed by atoms with Crippen molar-refractivity contribution in [2.24, 2.45) is 0 Å². The molecule has 0 aliphatic carbocycles. The zero-order valence-electron chi connectivity index (χ0n) is 8.36. The first-order valence-electron chi connectivity index (χ1n) is 4.58. The van der Waals surface area contributed by atoms with Crippen molar-refractivity contribution in [2.45, 2.75) is 20.3 Å². The molecule has 0 aliphatic heterocycles. The molecule has 1 aromatic rings. The van der Waals surface area contributed by atoms with Crippen molar-refractivity contribution in [3.63, 3.8) is 0 Å². The number of carbonyl (C=O) groups is 1. The summed E-state index contributed by atoms with van der Waals surface area (Å²) < 4.78 is 5.16. The van der Waals surface area contributed by atoms with E-state index in [1.807, 2.05) is 18.7 Å². The van der Waals surface area contributed by atoms with Crippen LogP contribution in [0.4, 0.5) is 6.01 Å². The first-order chi connectivity index (χ1) is 6.67. The molecule has 78 valence electrons. The highest BCUT2D eigenvalue weighted by Gasteiger charge is 2.11. The average molecular weight is 198 g/mol. The van der Waals surface area contributed by atoms with Crippen LogP contribution in [0.15, 0.2) is 10.7 Å². The summed E-state index contributed by atoms with van der Waals surface area (Å²) in [5.74, 6) is -0.899. The molecule has 14 heavy (non-hydrogen) atoms. The van der Waals surface area contributed by atoms with Crippen molar-refractivity contribution in [1.82, 2.24) is 4.98 Å². The maximum atomic E-state index is 10.4. The van der Waals surface area contributed by atoms with Crippen molar-refractivity contribution in [1.29, 1.82) is 0 Å². The van der Waals surface area contributed by atoms with E-state index in [9.17, 15) is 4.79 Å². The Morgan fingerprint density at radius 1 is 1.57 bits per heavy atom. The standard InChI is InChI=1S/C9H14N2O3/c1-3-11(4-2)9-10-7(6-14-9)5-8(12)13/h6H,3-5H2,1-2H3,(H,12,13). The second-order valence-electron chi connectivity index (χ2n) is 2.86. The molecule has 0 bridgehead atoms. The van der Waals surface area contributed by atoms with Gasteiger partial charge >= 0.3 is 5.97 Å². The minimum Gasteiger partial charge on any atom is -0.481 e. The van der Waals surface area contributed by atoms with Gasteiger partial charge in [0.2, 0.25) is 0 Å². The summed E-state index contributed by atoms with van der Waals surface area (Å²) in [6, 6.07) is 0.492. The fourth-order valence-corrected chi connectivity index (χ4v) is 1.17. The quantitative estimate of drug-likeness (QED) is 0.768. The molecule has 0 spiro atoms. The first kappa shape index (κ1) is 10.6. The maximum Gasteiger partial charge on any atom is 0.309 e. The van der Waals surface area contributed by atoms with Crippen LogP contribution in [-0.4, -0.2) is 29.1 Å². The third-order valence-electron chi connectivity index (χ3n) is 1.91. The normalized spacial score (nSPS) is 10.1. The molecule has 0 amide bonds. The molecule has 5 heteroatoms. The van der Waals surface area contributed by atoms with Gasteiger partial charge in [0.1, 0.15) is 6.26 Å². The van der Waals surface area contributed by atoms with E-state index in [-0.39, 0.29) is 6.42 Å². The highest BCUT2D eigenvalue weighted by atomic mass is 16.4. The van der Waals surface area contributed by atoms with Gasteiger partial charge < -0.3 is 14.4 Å². The number of oxazole rings is 1. The summed E-state index contributed by atoms with van der Waals surface area (Å²) in [4.78, 5) is 16.4. The largest absolute Gasteiger partial charge is 0.481 e. The number of anilines is 1. The van der Waals surface area contributed by atoms with Crippen LogP contribution in [0, 0.1) is 0 Å². The Morgan fingerprint density at radius 3 is 2.71 bits per heavy atom. The number of aliphatic carboxylic acids is 1. The summed E-state index contributed by atoms with van der Waals surface area (Å²) in [5.41, 5.74) is 0.458. The molecule has 1 aromatic heterocycles. The first-order valence-corrected chi connectivity index (χ1v) is 4.58. The van der Waals surface area contributed by atoms with E-state index in [1.54, 1.807) is 0 Å². The Labute approximate surface area is 82.4 Å². The summed E-state index contributed by atoms with van der Waals surface area (Å²) in [6.07, 6.45) is 1.30. The van der Waals surface area contributed by atoms with Gasteiger partial charge in [-0.2, -0.15) is 4.98 Å². The lowest BCUT2D eigenvalue weighted by atomic mass is 10.3. The van der Waals surface area contributed by atoms with Gasteiger partial charge in [-0.15, -0.1) is 0 Å². The number of nitrogens with zero attached hydrogens (tertiary/aromatic N) is 2. The molecule has 0 aliphatic rings. The lowest BCUT2D eigenvalue weighted by Crippen LogP contribution is -2.22. The van der Waals surface area contributed by atoms with Gasteiger partial charge in [-0.3, -0.25) is 4.79 Å². The smallest absolute Gasteiger partial charge is 0.309 e. The number of rotatable bonds is 5. The molecule has 5 nitrogen and oxygen atoms in total. The number of hydrogen-bond donors (Lipinski definition) is 1. The highest BCUT2D eigenvalue weighted by molar-refractivity contribution is 5.69. The molecule has 1 heterocycles. The van der Waals surface area contributed by atoms with E-state index >= 15 is 0 Å². The van der Waals surface area contributed by atoms with Crippen molar-refractivity contribution < 1.29 is 14.3 Å². The summed E-state index contributed by atoms with van der Waals surface area (Å²) in [7, 11) is 0. The van der Waals surface area contributed by atoms with Gasteiger partial charge in [0.15, 0.2) is 0 Å². The van der Waals surface area contributed by atoms with Gasteiger partial charge in [0.05, 0.1) is 12.1 Å². The fourth-order valence-electron chi connectivity index (χ4n) is 1.17. The molecule has 1 rings (SSSR count). The molecule has 0 atom stereocenters. The van der Waals surface area contributed by atoms with Crippen molar-refractivity contribution in [2.75, 3.05) is 18.0 Å². The lowest BCUT2D eigenvalue weighted by Gasteiger charge is -2.14. The van der Waals surface area contributed by atoms with E-state index in [0.717, 1.165) is 13.1 Å². The Balaban J connectivity index is 2.71. The van der Waals surface area contributed by atoms with E-state index in [2.05, 4.69) is 4.98 Å². The van der Waals surface area contributed by atoms with E-state index < -0.39 is 5.97 Å². The fraction of sp³-hybridized carbons (Fsp3) is 0.556. The molecular formula is C9H14N2O3. The van der Waals surface area contributed by atoms with Crippen molar-refractivity contribution >= 4 is 12.0 Å². The van der Waals surface area contributed by atoms with Crippen LogP contribution < -0.4 is 4.90 Å². The second kappa shape index (κ2) is 4.64. The predicted octanol–water partition coefficient (Wildman–Crippen LogP) is 1.15. The van der Waals surface area contributed by atoms with E-state index in [1.165, 1.54) is 6.26 Å². The highest BCUT2D eigenvalue weighted by Crippen LogP contribution is 2.13. The average Bonchev–Trinajstić information content (AvgIpc) is 2.54. The van der Waals surface area contributed by atoms with Crippen LogP contribution in [-0.2, 0) is 11.2 Å². The predicted molar refractivity (Wildman–Crippen MR) is 51.4 cm³/mol. The van der Waals surface area contributed by atoms with Gasteiger partial charge in [-0.05, 0) is 13.8 Å². The molecule has 0 saturated heterocycles. The maximum absolute atomic E-state index is 10.4. The van der Waals surface area contributed by atoms with E-state index in [4.69, 9.17) is 9.52 Å². The zero-order chi connectivity index (χ0) is 10.6. The summed E-state index contributed by atoms with van der Waals surface area (Å²) in [5, 5.41) is 8.53. The Kier molecular flexibility index (Phi) is 3.50. The molecule has 1 N–H and O–H groups in total. The van der Waals surface area contributed by atoms with Gasteiger partial charge in [0, 0.05) is 13.1 Å². The second-order valence-corrected chi connectivity index (χ2v) is 2.86. The zero-order valence-corrected chi connectivity index (χ0v) is 8.36. The summed E-state index contributed by atoms with van der Waals surface area (Å²) in [6.45, 7) is 5.57.